The predicted octanol–water partition coefficient (Wildman–Crippen LogP) is 3.51. The molecule has 1 saturated carbocycles. The fourth-order valence-corrected chi connectivity index (χ4v) is 2.69. The molecule has 0 aliphatic heterocycles. The molecule has 0 spiro atoms. The molecule has 1 N–H and O–H groups in total. The van der Waals surface area contributed by atoms with Gasteiger partial charge in [0, 0.05) is 12.1 Å². The van der Waals surface area contributed by atoms with Crippen molar-refractivity contribution in [2.75, 3.05) is 0 Å². The van der Waals surface area contributed by atoms with Gasteiger partial charge in [-0.05, 0) is 18.4 Å². The number of rotatable bonds is 5. The number of hydrogen-bond acceptors (Lipinski definition) is 2. The van der Waals surface area contributed by atoms with Gasteiger partial charge in [-0.15, -0.1) is 0 Å². The minimum absolute atomic E-state index is 0.376. The van der Waals surface area contributed by atoms with Crippen molar-refractivity contribution in [2.24, 2.45) is 0 Å². The van der Waals surface area contributed by atoms with E-state index < -0.39 is 0 Å². The number of nitrogens with one attached hydrogen (secondary N) is 1. The first-order valence-corrected chi connectivity index (χ1v) is 7.17. The summed E-state index contributed by atoms with van der Waals surface area (Å²) in [6.07, 6.45) is 5.45. The van der Waals surface area contributed by atoms with Crippen molar-refractivity contribution in [3.05, 3.63) is 35.9 Å². The first-order valence-electron chi connectivity index (χ1n) is 7.17. The molecule has 2 nitrogen and oxygen atoms in total. The highest BCUT2D eigenvalue weighted by molar-refractivity contribution is 5.13. The van der Waals surface area contributed by atoms with Crippen LogP contribution in [0.15, 0.2) is 30.3 Å². The van der Waals surface area contributed by atoms with Crippen LogP contribution >= 0.6 is 0 Å². The van der Waals surface area contributed by atoms with Gasteiger partial charge >= 0.3 is 0 Å². The molecule has 0 aromatic heterocycles. The van der Waals surface area contributed by atoms with Crippen molar-refractivity contribution < 1.29 is 4.74 Å². The van der Waals surface area contributed by atoms with Crippen LogP contribution in [-0.4, -0.2) is 18.2 Å². The van der Waals surface area contributed by atoms with E-state index in [1.165, 1.54) is 31.2 Å². The van der Waals surface area contributed by atoms with Gasteiger partial charge in [0.05, 0.1) is 12.7 Å². The van der Waals surface area contributed by atoms with E-state index in [2.05, 4.69) is 43.4 Å². The highest BCUT2D eigenvalue weighted by atomic mass is 16.5. The summed E-state index contributed by atoms with van der Waals surface area (Å²) in [5.74, 6) is 0. The maximum absolute atomic E-state index is 6.12. The summed E-state index contributed by atoms with van der Waals surface area (Å²) in [6, 6.07) is 11.5. The van der Waals surface area contributed by atoms with Crippen molar-refractivity contribution in [3.8, 4) is 0 Å². The molecule has 18 heavy (non-hydrogen) atoms. The molecule has 1 aromatic carbocycles. The van der Waals surface area contributed by atoms with E-state index >= 15 is 0 Å². The molecule has 0 amide bonds. The van der Waals surface area contributed by atoms with Crippen molar-refractivity contribution in [1.82, 2.24) is 5.32 Å². The summed E-state index contributed by atoms with van der Waals surface area (Å²) in [7, 11) is 0. The molecular weight excluding hydrogens is 222 g/mol. The largest absolute Gasteiger partial charge is 0.372 e. The summed E-state index contributed by atoms with van der Waals surface area (Å²) in [5, 5.41) is 3.64. The highest BCUT2D eigenvalue weighted by Gasteiger charge is 2.25. The topological polar surface area (TPSA) is 21.3 Å². The quantitative estimate of drug-likeness (QED) is 0.859. The van der Waals surface area contributed by atoms with Crippen molar-refractivity contribution in [1.29, 1.82) is 0 Å². The van der Waals surface area contributed by atoms with E-state index in [1.54, 1.807) is 0 Å². The summed E-state index contributed by atoms with van der Waals surface area (Å²) in [5.41, 5.74) is 1.27. The van der Waals surface area contributed by atoms with Crippen molar-refractivity contribution in [3.63, 3.8) is 0 Å². The van der Waals surface area contributed by atoms with Crippen LogP contribution in [-0.2, 0) is 11.3 Å². The minimum Gasteiger partial charge on any atom is -0.372 e. The zero-order valence-electron chi connectivity index (χ0n) is 11.6. The molecule has 2 atom stereocenters. The van der Waals surface area contributed by atoms with Crippen LogP contribution in [0.1, 0.15) is 45.1 Å². The summed E-state index contributed by atoms with van der Waals surface area (Å²) < 4.78 is 6.12. The first-order chi connectivity index (χ1) is 8.75. The Bertz CT molecular complexity index is 336. The molecule has 1 aliphatic rings. The van der Waals surface area contributed by atoms with Gasteiger partial charge in [-0.25, -0.2) is 0 Å². The molecule has 2 rings (SSSR count). The lowest BCUT2D eigenvalue weighted by atomic mass is 9.92. The summed E-state index contributed by atoms with van der Waals surface area (Å²) in [6.45, 7) is 5.16. The second-order valence-electron chi connectivity index (χ2n) is 5.55. The van der Waals surface area contributed by atoms with Gasteiger partial charge in [0.2, 0.25) is 0 Å². The molecule has 0 saturated heterocycles. The lowest BCUT2D eigenvalue weighted by Gasteiger charge is -2.33. The van der Waals surface area contributed by atoms with Gasteiger partial charge in [-0.1, -0.05) is 57.0 Å². The van der Waals surface area contributed by atoms with Crippen LogP contribution in [0.2, 0.25) is 0 Å². The molecule has 100 valence electrons. The predicted molar refractivity (Wildman–Crippen MR) is 75.5 cm³/mol. The van der Waals surface area contributed by atoms with Crippen molar-refractivity contribution >= 4 is 0 Å². The van der Waals surface area contributed by atoms with E-state index in [9.17, 15) is 0 Å². The van der Waals surface area contributed by atoms with Gasteiger partial charge in [0.1, 0.15) is 0 Å². The number of hydrogen-bond donors (Lipinski definition) is 1. The monoisotopic (exact) mass is 247 g/mol. The molecule has 0 heterocycles. The molecular formula is C16H25NO. The minimum atomic E-state index is 0.376. The van der Waals surface area contributed by atoms with Crippen LogP contribution in [0, 0.1) is 0 Å². The normalized spacial score (nSPS) is 24.4. The summed E-state index contributed by atoms with van der Waals surface area (Å²) >= 11 is 0. The van der Waals surface area contributed by atoms with Crippen LogP contribution in [0.5, 0.6) is 0 Å². The smallest absolute Gasteiger partial charge is 0.0732 e. The average molecular weight is 247 g/mol. The molecule has 0 radical (unpaired) electrons. The second kappa shape index (κ2) is 6.91. The molecule has 1 fully saturated rings. The van der Waals surface area contributed by atoms with Crippen LogP contribution in [0.25, 0.3) is 0 Å². The van der Waals surface area contributed by atoms with E-state index in [0.29, 0.717) is 18.2 Å². The van der Waals surface area contributed by atoms with E-state index in [4.69, 9.17) is 4.74 Å². The maximum atomic E-state index is 6.12. The van der Waals surface area contributed by atoms with Crippen LogP contribution in [0.3, 0.4) is 0 Å². The molecule has 1 aromatic rings. The van der Waals surface area contributed by atoms with Gasteiger partial charge < -0.3 is 10.1 Å². The van der Waals surface area contributed by atoms with Gasteiger partial charge in [0.15, 0.2) is 0 Å². The Balaban J connectivity index is 1.85. The standard InChI is InChI=1S/C16H25NO/c1-13(2)17-15-10-6-7-11-16(15)18-12-14-8-4-3-5-9-14/h3-5,8-9,13,15-17H,6-7,10-12H2,1-2H3/t15?,16-/m0/s1. The van der Waals surface area contributed by atoms with E-state index in [1.807, 2.05) is 6.07 Å². The highest BCUT2D eigenvalue weighted by Crippen LogP contribution is 2.22. The second-order valence-corrected chi connectivity index (χ2v) is 5.55. The maximum Gasteiger partial charge on any atom is 0.0732 e. The van der Waals surface area contributed by atoms with Crippen molar-refractivity contribution in [2.45, 2.75) is 64.3 Å². The van der Waals surface area contributed by atoms with Gasteiger partial charge in [0.25, 0.3) is 0 Å². The summed E-state index contributed by atoms with van der Waals surface area (Å²) in [4.78, 5) is 0. The number of ether oxygens (including phenoxy) is 1. The Labute approximate surface area is 111 Å². The number of benzene rings is 1. The Morgan fingerprint density at radius 2 is 1.89 bits per heavy atom. The molecule has 1 unspecified atom stereocenters. The average Bonchev–Trinajstić information content (AvgIpc) is 2.38. The van der Waals surface area contributed by atoms with E-state index in [0.717, 1.165) is 6.61 Å². The molecule has 1 aliphatic carbocycles. The van der Waals surface area contributed by atoms with E-state index in [-0.39, 0.29) is 0 Å². The zero-order valence-corrected chi connectivity index (χ0v) is 11.6. The van der Waals surface area contributed by atoms with Crippen LogP contribution in [0.4, 0.5) is 0 Å². The Morgan fingerprint density at radius 1 is 1.17 bits per heavy atom. The Hall–Kier alpha value is -0.860. The third kappa shape index (κ3) is 4.11. The molecule has 2 heteroatoms. The first kappa shape index (κ1) is 13.6. The third-order valence-corrected chi connectivity index (χ3v) is 3.56. The molecule has 0 bridgehead atoms. The third-order valence-electron chi connectivity index (χ3n) is 3.56. The van der Waals surface area contributed by atoms with Gasteiger partial charge in [-0.2, -0.15) is 0 Å². The lowest BCUT2D eigenvalue weighted by Crippen LogP contribution is -2.46. The zero-order chi connectivity index (χ0) is 12.8. The fourth-order valence-electron chi connectivity index (χ4n) is 2.69. The Morgan fingerprint density at radius 3 is 2.61 bits per heavy atom. The fraction of sp³-hybridized carbons (Fsp3) is 0.625. The lowest BCUT2D eigenvalue weighted by molar-refractivity contribution is -0.00741. The Kier molecular flexibility index (Phi) is 5.21. The van der Waals surface area contributed by atoms with Gasteiger partial charge in [-0.3, -0.25) is 0 Å². The SMILES string of the molecule is CC(C)NC1CCCC[C@@H]1OCc1ccccc1. The van der Waals surface area contributed by atoms with Crippen LogP contribution < -0.4 is 5.32 Å².